The Bertz CT molecular complexity index is 1130. The lowest BCUT2D eigenvalue weighted by Gasteiger charge is -2.53. The molecule has 31 heavy (non-hydrogen) atoms. The van der Waals surface area contributed by atoms with E-state index < -0.39 is 23.3 Å². The van der Waals surface area contributed by atoms with Gasteiger partial charge in [-0.25, -0.2) is 9.69 Å². The summed E-state index contributed by atoms with van der Waals surface area (Å²) < 4.78 is 10.8. The number of barbiturate groups is 1. The number of benzene rings is 2. The molecule has 8 nitrogen and oxygen atoms in total. The lowest BCUT2D eigenvalue weighted by molar-refractivity contribution is -0.145. The molecule has 4 heterocycles. The topological polar surface area (TPSA) is 88.2 Å². The molecule has 4 aliphatic heterocycles. The standard InChI is InChI=1S/C23H21N3O5/c27-20-23(12-14-5-1-2-6-16(14)25-10-4-3-7-19(23)25)21(28)26(22(29)24-20)15-8-9-17-18(11-15)31-13-30-17/h1-2,5-6,8-9,11,19H,3-4,7,10,12-13H2,(H,24,27,29)/t19-,23-/m0/s1. The minimum Gasteiger partial charge on any atom is -0.454 e. The number of rotatable bonds is 1. The highest BCUT2D eigenvalue weighted by Crippen LogP contribution is 2.48. The minimum atomic E-state index is -1.36. The van der Waals surface area contributed by atoms with Crippen LogP contribution in [0.4, 0.5) is 16.2 Å². The van der Waals surface area contributed by atoms with Crippen molar-refractivity contribution in [3.05, 3.63) is 48.0 Å². The van der Waals surface area contributed by atoms with Gasteiger partial charge in [-0.05, 0) is 49.4 Å². The number of nitrogens with one attached hydrogen (secondary N) is 1. The largest absolute Gasteiger partial charge is 0.454 e. The van der Waals surface area contributed by atoms with Gasteiger partial charge in [-0.2, -0.15) is 0 Å². The van der Waals surface area contributed by atoms with Crippen molar-refractivity contribution >= 4 is 29.2 Å². The van der Waals surface area contributed by atoms with E-state index in [1.807, 2.05) is 24.3 Å². The van der Waals surface area contributed by atoms with Crippen LogP contribution >= 0.6 is 0 Å². The second-order valence-electron chi connectivity index (χ2n) is 8.42. The van der Waals surface area contributed by atoms with Gasteiger partial charge in [-0.3, -0.25) is 14.9 Å². The number of urea groups is 1. The summed E-state index contributed by atoms with van der Waals surface area (Å²) in [7, 11) is 0. The monoisotopic (exact) mass is 419 g/mol. The van der Waals surface area contributed by atoms with E-state index in [9.17, 15) is 14.4 Å². The predicted octanol–water partition coefficient (Wildman–Crippen LogP) is 2.60. The molecule has 1 spiro atoms. The molecule has 2 aromatic carbocycles. The quantitative estimate of drug-likeness (QED) is 0.715. The number of fused-ring (bicyclic) bond motifs is 5. The first kappa shape index (κ1) is 18.2. The van der Waals surface area contributed by atoms with Crippen LogP contribution in [0, 0.1) is 5.41 Å². The van der Waals surface area contributed by atoms with Crippen molar-refractivity contribution < 1.29 is 23.9 Å². The molecule has 2 atom stereocenters. The zero-order valence-electron chi connectivity index (χ0n) is 16.8. The number of para-hydroxylation sites is 1. The second kappa shape index (κ2) is 6.47. The summed E-state index contributed by atoms with van der Waals surface area (Å²) >= 11 is 0. The summed E-state index contributed by atoms with van der Waals surface area (Å²) in [5.41, 5.74) is 1.02. The van der Waals surface area contributed by atoms with Crippen molar-refractivity contribution in [2.75, 3.05) is 23.1 Å². The number of hydrogen-bond donors (Lipinski definition) is 1. The van der Waals surface area contributed by atoms with Crippen LogP contribution in [-0.2, 0) is 16.0 Å². The van der Waals surface area contributed by atoms with Crippen molar-refractivity contribution in [3.63, 3.8) is 0 Å². The maximum absolute atomic E-state index is 14.0. The third kappa shape index (κ3) is 2.44. The molecule has 0 aromatic heterocycles. The van der Waals surface area contributed by atoms with Crippen LogP contribution < -0.4 is 24.6 Å². The Labute approximate surface area is 178 Å². The fourth-order valence-electron chi connectivity index (χ4n) is 5.45. The lowest BCUT2D eigenvalue weighted by atomic mass is 9.66. The molecule has 2 aromatic rings. The Hall–Kier alpha value is -3.55. The van der Waals surface area contributed by atoms with Crippen LogP contribution in [0.25, 0.3) is 0 Å². The van der Waals surface area contributed by atoms with Crippen molar-refractivity contribution in [1.82, 2.24) is 5.32 Å². The zero-order valence-corrected chi connectivity index (χ0v) is 16.8. The van der Waals surface area contributed by atoms with E-state index in [4.69, 9.17) is 9.47 Å². The zero-order chi connectivity index (χ0) is 21.2. The number of anilines is 2. The van der Waals surface area contributed by atoms with E-state index >= 15 is 0 Å². The van der Waals surface area contributed by atoms with E-state index in [-0.39, 0.29) is 19.3 Å². The Kier molecular flexibility index (Phi) is 3.81. The predicted molar refractivity (Wildman–Crippen MR) is 111 cm³/mol. The second-order valence-corrected chi connectivity index (χ2v) is 8.42. The Morgan fingerprint density at radius 1 is 1.00 bits per heavy atom. The molecular formula is C23H21N3O5. The highest BCUT2D eigenvalue weighted by molar-refractivity contribution is 6.30. The SMILES string of the molecule is O=C1NC(=O)[C@@]2(Cc3ccccc3N3CCCC[C@H]32)C(=O)N1c1ccc2c(c1)OCO2. The third-order valence-electron chi connectivity index (χ3n) is 6.87. The molecule has 1 N–H and O–H groups in total. The normalized spacial score (nSPS) is 26.6. The summed E-state index contributed by atoms with van der Waals surface area (Å²) in [4.78, 5) is 43.5. The molecule has 6 rings (SSSR count). The molecule has 0 saturated carbocycles. The average Bonchev–Trinajstić information content (AvgIpc) is 3.26. The van der Waals surface area contributed by atoms with Crippen LogP contribution in [0.5, 0.6) is 11.5 Å². The summed E-state index contributed by atoms with van der Waals surface area (Å²) in [5.74, 6) is 0.0409. The fraction of sp³-hybridized carbons (Fsp3) is 0.348. The summed E-state index contributed by atoms with van der Waals surface area (Å²) in [6.07, 6.45) is 2.92. The maximum Gasteiger partial charge on any atom is 0.335 e. The van der Waals surface area contributed by atoms with Crippen molar-refractivity contribution in [3.8, 4) is 11.5 Å². The van der Waals surface area contributed by atoms with E-state index in [0.29, 0.717) is 17.2 Å². The lowest BCUT2D eigenvalue weighted by Crippen LogP contribution is -2.72. The van der Waals surface area contributed by atoms with Crippen LogP contribution in [0.2, 0.25) is 0 Å². The first-order valence-corrected chi connectivity index (χ1v) is 10.5. The molecule has 0 unspecified atom stereocenters. The molecule has 2 saturated heterocycles. The Morgan fingerprint density at radius 2 is 1.84 bits per heavy atom. The van der Waals surface area contributed by atoms with Gasteiger partial charge in [-0.1, -0.05) is 18.2 Å². The van der Waals surface area contributed by atoms with Gasteiger partial charge in [0.15, 0.2) is 16.9 Å². The fourth-order valence-corrected chi connectivity index (χ4v) is 5.45. The molecule has 4 aliphatic rings. The number of piperidine rings is 1. The van der Waals surface area contributed by atoms with Crippen molar-refractivity contribution in [2.24, 2.45) is 5.41 Å². The molecule has 8 heteroatoms. The molecule has 0 aliphatic carbocycles. The number of nitrogens with zero attached hydrogens (tertiary/aromatic N) is 2. The van der Waals surface area contributed by atoms with Crippen LogP contribution in [-0.4, -0.2) is 37.2 Å². The first-order valence-electron chi connectivity index (χ1n) is 10.5. The van der Waals surface area contributed by atoms with Crippen LogP contribution in [0.15, 0.2) is 42.5 Å². The molecule has 0 radical (unpaired) electrons. The number of carbonyl (C=O) groups is 3. The molecule has 0 bridgehead atoms. The average molecular weight is 419 g/mol. The first-order chi connectivity index (χ1) is 15.1. The number of hydrogen-bond acceptors (Lipinski definition) is 6. The van der Waals surface area contributed by atoms with Gasteiger partial charge in [0.25, 0.3) is 5.91 Å². The third-order valence-corrected chi connectivity index (χ3v) is 6.87. The van der Waals surface area contributed by atoms with Gasteiger partial charge in [0.05, 0.1) is 11.7 Å². The van der Waals surface area contributed by atoms with E-state index in [2.05, 4.69) is 10.2 Å². The van der Waals surface area contributed by atoms with Gasteiger partial charge in [0.2, 0.25) is 12.7 Å². The minimum absolute atomic E-state index is 0.0924. The molecule has 158 valence electrons. The van der Waals surface area contributed by atoms with E-state index in [1.54, 1.807) is 18.2 Å². The summed E-state index contributed by atoms with van der Waals surface area (Å²) in [5, 5.41) is 2.48. The Morgan fingerprint density at radius 3 is 2.74 bits per heavy atom. The Balaban J connectivity index is 1.48. The van der Waals surface area contributed by atoms with E-state index in [1.165, 1.54) is 0 Å². The van der Waals surface area contributed by atoms with Crippen molar-refractivity contribution in [1.29, 1.82) is 0 Å². The molecule has 4 amide bonds. The highest BCUT2D eigenvalue weighted by atomic mass is 16.7. The van der Waals surface area contributed by atoms with Crippen LogP contribution in [0.1, 0.15) is 24.8 Å². The summed E-state index contributed by atoms with van der Waals surface area (Å²) in [6.45, 7) is 0.872. The van der Waals surface area contributed by atoms with Gasteiger partial charge < -0.3 is 14.4 Å². The smallest absolute Gasteiger partial charge is 0.335 e. The van der Waals surface area contributed by atoms with Gasteiger partial charge in [0, 0.05) is 18.3 Å². The van der Waals surface area contributed by atoms with Crippen LogP contribution in [0.3, 0.4) is 0 Å². The maximum atomic E-state index is 14.0. The van der Waals surface area contributed by atoms with E-state index in [0.717, 1.165) is 42.0 Å². The number of ether oxygens (including phenoxy) is 2. The molecular weight excluding hydrogens is 398 g/mol. The van der Waals surface area contributed by atoms with Crippen molar-refractivity contribution in [2.45, 2.75) is 31.7 Å². The summed E-state index contributed by atoms with van der Waals surface area (Å²) in [6, 6.07) is 11.8. The van der Waals surface area contributed by atoms with Gasteiger partial charge in [-0.15, -0.1) is 0 Å². The number of carbonyl (C=O) groups excluding carboxylic acids is 3. The van der Waals surface area contributed by atoms with Gasteiger partial charge >= 0.3 is 6.03 Å². The highest BCUT2D eigenvalue weighted by Gasteiger charge is 2.62. The number of imide groups is 2. The molecule has 2 fully saturated rings. The number of amides is 4. The van der Waals surface area contributed by atoms with Gasteiger partial charge in [0.1, 0.15) is 0 Å².